The van der Waals surface area contributed by atoms with E-state index in [1.165, 1.54) is 0 Å². The highest BCUT2D eigenvalue weighted by Gasteiger charge is 2.12. The Morgan fingerprint density at radius 3 is 2.41 bits per heavy atom. The first-order valence-electron chi connectivity index (χ1n) is 7.07. The summed E-state index contributed by atoms with van der Waals surface area (Å²) in [6.45, 7) is 0. The molecular weight excluding hydrogens is 267 g/mol. The molecule has 3 aromatic carbocycles. The fraction of sp³-hybridized carbons (Fsp3) is 0. The van der Waals surface area contributed by atoms with E-state index in [1.807, 2.05) is 54.6 Å². The number of hydrogen-bond acceptors (Lipinski definition) is 1. The monoisotopic (exact) mass is 278 g/mol. The quantitative estimate of drug-likeness (QED) is 0.490. The van der Waals surface area contributed by atoms with Gasteiger partial charge in [0.05, 0.1) is 22.7 Å². The number of nitrogens with zero attached hydrogens (tertiary/aromatic N) is 2. The Kier molecular flexibility index (Phi) is 2.77. The molecular formula is C19H11BN2. The molecule has 0 amide bonds. The molecule has 0 saturated heterocycles. The molecule has 22 heavy (non-hydrogen) atoms. The Morgan fingerprint density at radius 2 is 1.64 bits per heavy atom. The van der Waals surface area contributed by atoms with Gasteiger partial charge < -0.3 is 4.57 Å². The van der Waals surface area contributed by atoms with Gasteiger partial charge >= 0.3 is 0 Å². The number of rotatable bonds is 1. The van der Waals surface area contributed by atoms with E-state index in [-0.39, 0.29) is 0 Å². The molecule has 0 aliphatic carbocycles. The lowest BCUT2D eigenvalue weighted by Crippen LogP contribution is -2.00. The molecule has 4 rings (SSSR count). The summed E-state index contributed by atoms with van der Waals surface area (Å²) in [4.78, 5) is 0. The van der Waals surface area contributed by atoms with E-state index in [2.05, 4.69) is 22.8 Å². The predicted octanol–water partition coefficient (Wildman–Crippen LogP) is 3.45. The summed E-state index contributed by atoms with van der Waals surface area (Å²) < 4.78 is 2.17. The summed E-state index contributed by atoms with van der Waals surface area (Å²) in [6.07, 6.45) is 0. The van der Waals surface area contributed by atoms with Crippen molar-refractivity contribution in [3.05, 3.63) is 72.3 Å². The van der Waals surface area contributed by atoms with Gasteiger partial charge in [-0.1, -0.05) is 41.9 Å². The number of fused-ring (bicyclic) bond motifs is 3. The Morgan fingerprint density at radius 1 is 0.818 bits per heavy atom. The van der Waals surface area contributed by atoms with Crippen LogP contribution in [0, 0.1) is 11.3 Å². The van der Waals surface area contributed by atoms with Crippen LogP contribution in [-0.4, -0.2) is 12.4 Å². The third-order valence-corrected chi connectivity index (χ3v) is 3.93. The highest BCUT2D eigenvalue weighted by Crippen LogP contribution is 2.31. The number of para-hydroxylation sites is 1. The van der Waals surface area contributed by atoms with Crippen LogP contribution in [0.15, 0.2) is 66.7 Å². The van der Waals surface area contributed by atoms with Crippen LogP contribution in [0.4, 0.5) is 0 Å². The van der Waals surface area contributed by atoms with E-state index in [0.717, 1.165) is 33.0 Å². The smallest absolute Gasteiger partial charge is 0.113 e. The summed E-state index contributed by atoms with van der Waals surface area (Å²) in [5.74, 6) is 0. The lowest BCUT2D eigenvalue weighted by atomic mass is 9.94. The number of nitriles is 1. The number of benzene rings is 3. The van der Waals surface area contributed by atoms with Gasteiger partial charge in [-0.3, -0.25) is 0 Å². The zero-order chi connectivity index (χ0) is 15.1. The van der Waals surface area contributed by atoms with Crippen LogP contribution in [0.1, 0.15) is 5.56 Å². The molecule has 2 radical (unpaired) electrons. The van der Waals surface area contributed by atoms with Gasteiger partial charge in [-0.25, -0.2) is 0 Å². The first-order valence-corrected chi connectivity index (χ1v) is 7.07. The van der Waals surface area contributed by atoms with Crippen molar-refractivity contribution in [2.45, 2.75) is 0 Å². The summed E-state index contributed by atoms with van der Waals surface area (Å²) in [6, 6.07) is 24.1. The van der Waals surface area contributed by atoms with Crippen LogP contribution in [0.25, 0.3) is 27.5 Å². The third kappa shape index (κ3) is 1.82. The Hall–Kier alpha value is -2.99. The van der Waals surface area contributed by atoms with Crippen molar-refractivity contribution in [1.29, 1.82) is 5.26 Å². The van der Waals surface area contributed by atoms with Crippen LogP contribution in [0.3, 0.4) is 0 Å². The van der Waals surface area contributed by atoms with Gasteiger partial charge in [-0.2, -0.15) is 5.26 Å². The SMILES string of the molecule is [B]c1ccc2c(c1)c1ccc(C#N)cc1n2-c1ccccc1. The third-order valence-electron chi connectivity index (χ3n) is 3.93. The van der Waals surface area contributed by atoms with Gasteiger partial charge in [0.1, 0.15) is 7.85 Å². The Balaban J connectivity index is 2.22. The van der Waals surface area contributed by atoms with Gasteiger partial charge in [-0.05, 0) is 30.3 Å². The van der Waals surface area contributed by atoms with Crippen molar-refractivity contribution >= 4 is 35.1 Å². The molecule has 0 fully saturated rings. The van der Waals surface area contributed by atoms with E-state index in [9.17, 15) is 5.26 Å². The van der Waals surface area contributed by atoms with Gasteiger partial charge in [0.25, 0.3) is 0 Å². The molecule has 0 spiro atoms. The van der Waals surface area contributed by atoms with Crippen molar-refractivity contribution in [3.8, 4) is 11.8 Å². The van der Waals surface area contributed by atoms with Crippen molar-refractivity contribution in [2.24, 2.45) is 0 Å². The second-order valence-corrected chi connectivity index (χ2v) is 5.29. The summed E-state index contributed by atoms with van der Waals surface area (Å²) in [7, 11) is 5.96. The second kappa shape index (κ2) is 4.78. The van der Waals surface area contributed by atoms with E-state index >= 15 is 0 Å². The average molecular weight is 278 g/mol. The summed E-state index contributed by atoms with van der Waals surface area (Å²) >= 11 is 0. The summed E-state index contributed by atoms with van der Waals surface area (Å²) in [5, 5.41) is 11.4. The van der Waals surface area contributed by atoms with Crippen LogP contribution < -0.4 is 5.46 Å². The molecule has 100 valence electrons. The molecule has 2 nitrogen and oxygen atoms in total. The first-order chi connectivity index (χ1) is 10.8. The van der Waals surface area contributed by atoms with Crippen molar-refractivity contribution in [3.63, 3.8) is 0 Å². The maximum atomic E-state index is 9.20. The molecule has 0 atom stereocenters. The maximum absolute atomic E-state index is 9.20. The van der Waals surface area contributed by atoms with Gasteiger partial charge in [0.15, 0.2) is 0 Å². The highest BCUT2D eigenvalue weighted by molar-refractivity contribution is 6.33. The molecule has 4 aromatic rings. The molecule has 3 heteroatoms. The van der Waals surface area contributed by atoms with Gasteiger partial charge in [0, 0.05) is 16.5 Å². The van der Waals surface area contributed by atoms with Crippen LogP contribution >= 0.6 is 0 Å². The fourth-order valence-corrected chi connectivity index (χ4v) is 2.96. The minimum Gasteiger partial charge on any atom is -0.309 e. The molecule has 0 saturated carbocycles. The van der Waals surface area contributed by atoms with E-state index in [0.29, 0.717) is 5.56 Å². The largest absolute Gasteiger partial charge is 0.309 e. The van der Waals surface area contributed by atoms with E-state index < -0.39 is 0 Å². The van der Waals surface area contributed by atoms with Crippen molar-refractivity contribution in [1.82, 2.24) is 4.57 Å². The first kappa shape index (κ1) is 12.7. The lowest BCUT2D eigenvalue weighted by Gasteiger charge is -2.07. The Labute approximate surface area is 129 Å². The van der Waals surface area contributed by atoms with Gasteiger partial charge in [0.2, 0.25) is 0 Å². The number of hydrogen-bond donors (Lipinski definition) is 0. The van der Waals surface area contributed by atoms with Crippen LogP contribution in [0.5, 0.6) is 0 Å². The predicted molar refractivity (Wildman–Crippen MR) is 90.9 cm³/mol. The molecule has 0 N–H and O–H groups in total. The van der Waals surface area contributed by atoms with E-state index in [1.54, 1.807) is 0 Å². The van der Waals surface area contributed by atoms with Crippen LogP contribution in [0.2, 0.25) is 0 Å². The summed E-state index contributed by atoms with van der Waals surface area (Å²) in [5.41, 5.74) is 4.57. The maximum Gasteiger partial charge on any atom is 0.113 e. The molecule has 0 aliphatic rings. The fourth-order valence-electron chi connectivity index (χ4n) is 2.96. The molecule has 1 aromatic heterocycles. The standard InChI is InChI=1S/C19H11BN2/c20-14-7-9-18-17(11-14)16-8-6-13(12-21)10-19(16)22(18)15-4-2-1-3-5-15/h1-11H. The average Bonchev–Trinajstić information content (AvgIpc) is 2.88. The lowest BCUT2D eigenvalue weighted by molar-refractivity contribution is 1.18. The van der Waals surface area contributed by atoms with Gasteiger partial charge in [-0.15, -0.1) is 0 Å². The zero-order valence-electron chi connectivity index (χ0n) is 11.8. The number of aromatic nitrogens is 1. The zero-order valence-corrected chi connectivity index (χ0v) is 11.8. The normalized spacial score (nSPS) is 10.9. The minimum atomic E-state index is 0.653. The topological polar surface area (TPSA) is 28.7 Å². The molecule has 0 unspecified atom stereocenters. The van der Waals surface area contributed by atoms with Crippen molar-refractivity contribution < 1.29 is 0 Å². The highest BCUT2D eigenvalue weighted by atomic mass is 15.0. The van der Waals surface area contributed by atoms with Crippen molar-refractivity contribution in [2.75, 3.05) is 0 Å². The van der Waals surface area contributed by atoms with E-state index in [4.69, 9.17) is 7.85 Å². The molecule has 0 aliphatic heterocycles. The molecule has 0 bridgehead atoms. The van der Waals surface area contributed by atoms with Crippen LogP contribution in [-0.2, 0) is 0 Å². The minimum absolute atomic E-state index is 0.653. The second-order valence-electron chi connectivity index (χ2n) is 5.29. The Bertz CT molecular complexity index is 1040. The molecule has 1 heterocycles.